The normalized spacial score (nSPS) is 11.7. The summed E-state index contributed by atoms with van der Waals surface area (Å²) in [4.78, 5) is 36.5. The Balaban J connectivity index is 2.25. The predicted octanol–water partition coefficient (Wildman–Crippen LogP) is 4.38. The van der Waals surface area contributed by atoms with Crippen molar-refractivity contribution in [2.75, 3.05) is 13.7 Å². The van der Waals surface area contributed by atoms with E-state index < -0.39 is 30.0 Å². The number of carboxylic acids is 1. The molecule has 1 atom stereocenters. The van der Waals surface area contributed by atoms with E-state index in [0.29, 0.717) is 23.6 Å². The van der Waals surface area contributed by atoms with Crippen molar-refractivity contribution in [2.24, 2.45) is 0 Å². The average Bonchev–Trinajstić information content (AvgIpc) is 2.80. The van der Waals surface area contributed by atoms with Gasteiger partial charge in [-0.3, -0.25) is 14.4 Å². The van der Waals surface area contributed by atoms with E-state index in [4.69, 9.17) is 9.47 Å². The van der Waals surface area contributed by atoms with Crippen LogP contribution in [-0.2, 0) is 20.9 Å². The first kappa shape index (κ1) is 27.0. The number of pyridine rings is 1. The van der Waals surface area contributed by atoms with Gasteiger partial charge in [-0.05, 0) is 37.1 Å². The molecule has 8 heteroatoms. The quantitative estimate of drug-likeness (QED) is 0.309. The van der Waals surface area contributed by atoms with Crippen molar-refractivity contribution in [3.05, 3.63) is 57.5 Å². The molecule has 2 rings (SSSR count). The second-order valence-corrected chi connectivity index (χ2v) is 8.39. The summed E-state index contributed by atoms with van der Waals surface area (Å²) in [5, 5.41) is 19.8. The van der Waals surface area contributed by atoms with E-state index >= 15 is 0 Å². The van der Waals surface area contributed by atoms with Crippen LogP contribution in [0, 0.1) is 6.92 Å². The molecule has 0 radical (unpaired) electrons. The van der Waals surface area contributed by atoms with Crippen LogP contribution >= 0.6 is 0 Å². The van der Waals surface area contributed by atoms with Crippen molar-refractivity contribution in [3.63, 3.8) is 0 Å². The predicted molar refractivity (Wildman–Crippen MR) is 129 cm³/mol. The maximum absolute atomic E-state index is 13.1. The van der Waals surface area contributed by atoms with Crippen LogP contribution in [-0.4, -0.2) is 40.4 Å². The topological polar surface area (TPSA) is 115 Å². The summed E-state index contributed by atoms with van der Waals surface area (Å²) in [6, 6.07) is 8.34. The molecule has 2 N–H and O–H groups in total. The molecule has 0 spiro atoms. The van der Waals surface area contributed by atoms with E-state index in [1.807, 2.05) is 0 Å². The highest BCUT2D eigenvalue weighted by Crippen LogP contribution is 2.33. The molecule has 0 aliphatic heterocycles. The number of esters is 1. The minimum absolute atomic E-state index is 0.0435. The van der Waals surface area contributed by atoms with Crippen LogP contribution < -0.4 is 10.3 Å². The zero-order valence-corrected chi connectivity index (χ0v) is 20.2. The molecule has 34 heavy (non-hydrogen) atoms. The average molecular weight is 474 g/mol. The largest absolute Gasteiger partial charge is 0.507 e. The Hall–Kier alpha value is -3.29. The minimum atomic E-state index is -1.18. The van der Waals surface area contributed by atoms with Gasteiger partial charge in [-0.25, -0.2) is 0 Å². The zero-order chi connectivity index (χ0) is 25.1. The van der Waals surface area contributed by atoms with Crippen LogP contribution in [0.25, 0.3) is 0 Å². The van der Waals surface area contributed by atoms with Gasteiger partial charge in [0.05, 0.1) is 25.7 Å². The van der Waals surface area contributed by atoms with Crippen molar-refractivity contribution < 1.29 is 29.3 Å². The first-order valence-corrected chi connectivity index (χ1v) is 11.7. The highest BCUT2D eigenvalue weighted by Gasteiger charge is 2.27. The highest BCUT2D eigenvalue weighted by atomic mass is 16.5. The second-order valence-electron chi connectivity index (χ2n) is 8.39. The molecule has 0 aliphatic carbocycles. The summed E-state index contributed by atoms with van der Waals surface area (Å²) in [7, 11) is 1.25. The van der Waals surface area contributed by atoms with Crippen LogP contribution in [0.4, 0.5) is 0 Å². The van der Waals surface area contributed by atoms with Gasteiger partial charge in [0.1, 0.15) is 18.0 Å². The number of nitrogens with zero attached hydrogens (tertiary/aromatic N) is 1. The number of carboxylic acid groups (broad SMARTS) is 1. The maximum atomic E-state index is 13.1. The number of unbranched alkanes of at least 4 members (excludes halogenated alkanes) is 5. The van der Waals surface area contributed by atoms with Gasteiger partial charge in [0.2, 0.25) is 0 Å². The number of hydrogen-bond donors (Lipinski definition) is 2. The summed E-state index contributed by atoms with van der Waals surface area (Å²) in [6.45, 7) is 3.79. The Morgan fingerprint density at radius 3 is 2.32 bits per heavy atom. The SMILES string of the molecule is CCCCCCCCOc1ccc([C@H](CC(=O)OC)c2c(O)cc(C)n(CC(=O)O)c2=O)cc1. The van der Waals surface area contributed by atoms with Gasteiger partial charge in [0.15, 0.2) is 0 Å². The van der Waals surface area contributed by atoms with E-state index in [0.717, 1.165) is 17.4 Å². The number of carbonyl (C=O) groups is 2. The molecule has 1 aromatic heterocycles. The van der Waals surface area contributed by atoms with Crippen molar-refractivity contribution in [1.82, 2.24) is 4.57 Å². The highest BCUT2D eigenvalue weighted by molar-refractivity contribution is 5.71. The molecule has 0 saturated carbocycles. The Kier molecular flexibility index (Phi) is 10.6. The lowest BCUT2D eigenvalue weighted by atomic mass is 9.88. The Bertz CT molecular complexity index is 1010. The fraction of sp³-hybridized carbons (Fsp3) is 0.500. The molecule has 1 heterocycles. The van der Waals surface area contributed by atoms with E-state index in [1.165, 1.54) is 38.9 Å². The molecule has 0 bridgehead atoms. The van der Waals surface area contributed by atoms with Gasteiger partial charge in [-0.1, -0.05) is 51.2 Å². The molecule has 0 saturated heterocycles. The fourth-order valence-electron chi connectivity index (χ4n) is 3.93. The number of aromatic hydroxyl groups is 1. The van der Waals surface area contributed by atoms with Crippen LogP contribution in [0.2, 0.25) is 0 Å². The lowest BCUT2D eigenvalue weighted by Gasteiger charge is -2.20. The first-order chi connectivity index (χ1) is 16.3. The van der Waals surface area contributed by atoms with Gasteiger partial charge in [-0.2, -0.15) is 0 Å². The fourth-order valence-corrected chi connectivity index (χ4v) is 3.93. The molecule has 0 amide bonds. The van der Waals surface area contributed by atoms with Gasteiger partial charge < -0.3 is 24.3 Å². The van der Waals surface area contributed by atoms with E-state index in [1.54, 1.807) is 31.2 Å². The third kappa shape index (κ3) is 7.64. The molecule has 186 valence electrons. The van der Waals surface area contributed by atoms with Crippen LogP contribution in [0.15, 0.2) is 35.1 Å². The van der Waals surface area contributed by atoms with Crippen molar-refractivity contribution in [1.29, 1.82) is 0 Å². The van der Waals surface area contributed by atoms with Crippen LogP contribution in [0.3, 0.4) is 0 Å². The van der Waals surface area contributed by atoms with Gasteiger partial charge in [0, 0.05) is 11.6 Å². The van der Waals surface area contributed by atoms with E-state index in [-0.39, 0.29) is 17.7 Å². The van der Waals surface area contributed by atoms with Crippen LogP contribution in [0.1, 0.15) is 74.6 Å². The summed E-state index contributed by atoms with van der Waals surface area (Å²) < 4.78 is 11.7. The number of aryl methyl sites for hydroxylation is 1. The smallest absolute Gasteiger partial charge is 0.323 e. The Morgan fingerprint density at radius 1 is 1.06 bits per heavy atom. The number of rotatable bonds is 14. The molecule has 0 aliphatic rings. The third-order valence-corrected chi connectivity index (χ3v) is 5.81. The second kappa shape index (κ2) is 13.4. The number of methoxy groups -OCH3 is 1. The monoisotopic (exact) mass is 473 g/mol. The Morgan fingerprint density at radius 2 is 1.71 bits per heavy atom. The number of carbonyl (C=O) groups excluding carboxylic acids is 1. The van der Waals surface area contributed by atoms with Crippen molar-refractivity contribution in [3.8, 4) is 11.5 Å². The number of aliphatic carboxylic acids is 1. The summed E-state index contributed by atoms with van der Waals surface area (Å²) in [6.07, 6.45) is 6.82. The lowest BCUT2D eigenvalue weighted by molar-refractivity contribution is -0.141. The molecular formula is C26H35NO7. The number of aromatic nitrogens is 1. The molecule has 2 aromatic rings. The number of benzene rings is 1. The molecule has 8 nitrogen and oxygen atoms in total. The van der Waals surface area contributed by atoms with Gasteiger partial charge >= 0.3 is 11.9 Å². The summed E-state index contributed by atoms with van der Waals surface area (Å²) in [5.41, 5.74) is 0.217. The zero-order valence-electron chi connectivity index (χ0n) is 20.2. The van der Waals surface area contributed by atoms with Crippen LogP contribution in [0.5, 0.6) is 11.5 Å². The summed E-state index contributed by atoms with van der Waals surface area (Å²) in [5.74, 6) is -2.17. The molecule has 1 aromatic carbocycles. The van der Waals surface area contributed by atoms with Gasteiger partial charge in [-0.15, -0.1) is 0 Å². The third-order valence-electron chi connectivity index (χ3n) is 5.81. The standard InChI is InChI=1S/C26H35NO7/c1-4-5-6-7-8-9-14-34-20-12-10-19(11-13-20)21(16-24(31)33-3)25-22(28)15-18(2)27(26(25)32)17-23(29)30/h10-13,15,21,28H,4-9,14,16-17H2,1-3H3,(H,29,30)/t21-/m0/s1. The molecular weight excluding hydrogens is 438 g/mol. The van der Waals surface area contributed by atoms with E-state index in [2.05, 4.69) is 6.92 Å². The molecule has 0 fully saturated rings. The van der Waals surface area contributed by atoms with Gasteiger partial charge in [0.25, 0.3) is 5.56 Å². The maximum Gasteiger partial charge on any atom is 0.323 e. The van der Waals surface area contributed by atoms with Crippen molar-refractivity contribution in [2.45, 2.75) is 71.3 Å². The molecule has 0 unspecified atom stereocenters. The minimum Gasteiger partial charge on any atom is -0.507 e. The first-order valence-electron chi connectivity index (χ1n) is 11.7. The van der Waals surface area contributed by atoms with E-state index in [9.17, 15) is 24.6 Å². The number of ether oxygens (including phenoxy) is 2. The van der Waals surface area contributed by atoms with Crippen molar-refractivity contribution >= 4 is 11.9 Å². The number of hydrogen-bond acceptors (Lipinski definition) is 6. The lowest BCUT2D eigenvalue weighted by Crippen LogP contribution is -2.30. The Labute approximate surface area is 200 Å². The summed E-state index contributed by atoms with van der Waals surface area (Å²) >= 11 is 0.